The maximum Gasteiger partial charge on any atom is 0.488 e. The molecule has 0 bridgehead atoms. The van der Waals surface area contributed by atoms with Crippen molar-refractivity contribution in [1.82, 2.24) is 14.7 Å². The van der Waals surface area contributed by atoms with Gasteiger partial charge in [-0.1, -0.05) is 71.7 Å². The molecule has 2 aliphatic heterocycles. The number of nitrogens with zero attached hydrogens (tertiary/aromatic N) is 4. The van der Waals surface area contributed by atoms with E-state index >= 15 is 0 Å². The molecule has 9 nitrogen and oxygen atoms in total. The zero-order valence-corrected chi connectivity index (χ0v) is 30.6. The molecule has 4 aromatic rings. The Hall–Kier alpha value is -4.06. The number of ether oxygens (including phenoxy) is 2. The number of hydrogen-bond acceptors (Lipinski definition) is 7. The molecule has 12 heteroatoms. The van der Waals surface area contributed by atoms with Gasteiger partial charge in [-0.15, -0.1) is 0 Å². The van der Waals surface area contributed by atoms with Crippen LogP contribution >= 0.6 is 23.2 Å². The summed E-state index contributed by atoms with van der Waals surface area (Å²) in [6.07, 6.45) is 1.61. The Kier molecular flexibility index (Phi) is 11.9. The molecule has 0 radical (unpaired) electrons. The van der Waals surface area contributed by atoms with Gasteiger partial charge in [0.05, 0.1) is 24.8 Å². The number of rotatable bonds is 11. The Morgan fingerprint density at radius 2 is 1.57 bits per heavy atom. The van der Waals surface area contributed by atoms with Crippen LogP contribution in [0.1, 0.15) is 54.6 Å². The highest BCUT2D eigenvalue weighted by molar-refractivity contribution is 6.58. The highest BCUT2D eigenvalue weighted by Gasteiger charge is 2.45. The number of methoxy groups -OCH3 is 1. The second kappa shape index (κ2) is 16.5. The van der Waals surface area contributed by atoms with Crippen LogP contribution in [-0.2, 0) is 6.42 Å². The predicted molar refractivity (Wildman–Crippen MR) is 204 cm³/mol. The maximum atomic E-state index is 14.9. The van der Waals surface area contributed by atoms with Gasteiger partial charge in [0.15, 0.2) is 0 Å². The normalized spacial score (nSPS) is 17.8. The third kappa shape index (κ3) is 8.71. The zero-order chi connectivity index (χ0) is 36.1. The fourth-order valence-electron chi connectivity index (χ4n) is 6.75. The van der Waals surface area contributed by atoms with Crippen molar-refractivity contribution in [3.63, 3.8) is 0 Å². The second-order valence-corrected chi connectivity index (χ2v) is 14.1. The van der Waals surface area contributed by atoms with Crippen molar-refractivity contribution in [1.29, 1.82) is 0 Å². The van der Waals surface area contributed by atoms with E-state index in [2.05, 4.69) is 4.90 Å². The topological polar surface area (TPSA) is 98.1 Å². The van der Waals surface area contributed by atoms with Gasteiger partial charge in [0.1, 0.15) is 23.4 Å². The number of aryl methyl sites for hydroxylation is 1. The summed E-state index contributed by atoms with van der Waals surface area (Å²) in [5, 5.41) is 20.3. The molecule has 1 fully saturated rings. The number of aliphatic imine (C=N–C) groups is 1. The van der Waals surface area contributed by atoms with E-state index in [0.29, 0.717) is 51.5 Å². The minimum atomic E-state index is -1.48. The summed E-state index contributed by atoms with van der Waals surface area (Å²) in [6.45, 7) is 7.39. The van der Waals surface area contributed by atoms with Gasteiger partial charge in [-0.3, -0.25) is 14.8 Å². The number of carbonyl (C=O) groups is 1. The monoisotopic (exact) mass is 728 g/mol. The first-order chi connectivity index (χ1) is 24.6. The molecule has 2 aliphatic rings. The molecule has 0 aromatic heterocycles. The van der Waals surface area contributed by atoms with Gasteiger partial charge in [0.2, 0.25) is 0 Å². The Morgan fingerprint density at radius 1 is 0.902 bits per heavy atom. The Balaban J connectivity index is 1.29. The molecule has 2 amide bonds. The third-order valence-corrected chi connectivity index (χ3v) is 9.82. The SMILES string of the molecule is COc1ccc(C2=N[C@@H](c3ccc(Cl)cc3)[C@@H](c3ccc(Cl)cc3)N2C(=O)N2CCN(CCCc3cccc(B(O)O)c3)CC2)c(OC(C)C)c1. The molecule has 4 aromatic carbocycles. The summed E-state index contributed by atoms with van der Waals surface area (Å²) in [5.74, 6) is 1.75. The van der Waals surface area contributed by atoms with Crippen LogP contribution in [0, 0.1) is 0 Å². The molecule has 0 aliphatic carbocycles. The van der Waals surface area contributed by atoms with Crippen molar-refractivity contribution in [3.05, 3.63) is 123 Å². The van der Waals surface area contributed by atoms with Gasteiger partial charge in [0.25, 0.3) is 0 Å². The molecule has 51 heavy (non-hydrogen) atoms. The molecule has 0 spiro atoms. The summed E-state index contributed by atoms with van der Waals surface area (Å²) >= 11 is 12.7. The maximum absolute atomic E-state index is 14.9. The van der Waals surface area contributed by atoms with E-state index in [1.54, 1.807) is 13.2 Å². The number of amides is 2. The smallest absolute Gasteiger partial charge is 0.488 e. The van der Waals surface area contributed by atoms with Crippen molar-refractivity contribution < 1.29 is 24.3 Å². The van der Waals surface area contributed by atoms with Crippen molar-refractivity contribution >= 4 is 47.6 Å². The molecule has 2 atom stereocenters. The predicted octanol–water partition coefficient (Wildman–Crippen LogP) is 6.38. The Labute approximate surface area is 310 Å². The van der Waals surface area contributed by atoms with Crippen LogP contribution < -0.4 is 14.9 Å². The molecular weight excluding hydrogens is 686 g/mol. The van der Waals surface area contributed by atoms with Crippen LogP contribution in [-0.4, -0.2) is 89.7 Å². The molecule has 266 valence electrons. The van der Waals surface area contributed by atoms with Gasteiger partial charge in [-0.2, -0.15) is 0 Å². The van der Waals surface area contributed by atoms with Gasteiger partial charge in [-0.25, -0.2) is 4.79 Å². The van der Waals surface area contributed by atoms with E-state index in [-0.39, 0.29) is 12.1 Å². The van der Waals surface area contributed by atoms with Crippen LogP contribution in [0.3, 0.4) is 0 Å². The van der Waals surface area contributed by atoms with Gasteiger partial charge < -0.3 is 24.4 Å². The van der Waals surface area contributed by atoms with Crippen LogP contribution in [0.15, 0.2) is 96.0 Å². The van der Waals surface area contributed by atoms with Crippen molar-refractivity contribution in [2.45, 2.75) is 44.9 Å². The highest BCUT2D eigenvalue weighted by atomic mass is 35.5. The first kappa shape index (κ1) is 36.7. The lowest BCUT2D eigenvalue weighted by Crippen LogP contribution is -2.54. The van der Waals surface area contributed by atoms with E-state index in [1.165, 1.54) is 0 Å². The first-order valence-electron chi connectivity index (χ1n) is 17.3. The molecule has 1 saturated heterocycles. The lowest BCUT2D eigenvalue weighted by atomic mass is 9.79. The third-order valence-electron chi connectivity index (χ3n) is 9.32. The standard InChI is InChI=1S/C39H43BCl2N4O5/c1-26(2)51-35-25-33(50-3)17-18-34(35)38-43-36(28-9-13-31(41)14-10-28)37(29-11-15-32(42)16-12-29)46(38)39(47)45-22-20-44(21-23-45)19-5-7-27-6-4-8-30(24-27)40(48)49/h4,6,8-18,24-26,36-37,48-49H,5,7,19-23H2,1-3H3/t36-,37+/m0/s1. The number of amidine groups is 1. The number of piperazine rings is 1. The quantitative estimate of drug-likeness (QED) is 0.174. The lowest BCUT2D eigenvalue weighted by molar-refractivity contribution is 0.119. The van der Waals surface area contributed by atoms with E-state index in [4.69, 9.17) is 37.7 Å². The fourth-order valence-corrected chi connectivity index (χ4v) is 7.00. The van der Waals surface area contributed by atoms with Crippen molar-refractivity contribution in [2.24, 2.45) is 4.99 Å². The zero-order valence-electron chi connectivity index (χ0n) is 29.1. The first-order valence-corrected chi connectivity index (χ1v) is 18.1. The minimum absolute atomic E-state index is 0.126. The fraction of sp³-hybridized carbons (Fsp3) is 0.333. The summed E-state index contributed by atoms with van der Waals surface area (Å²) in [6, 6.07) is 27.2. The molecular formula is C39H43BCl2N4O5. The summed E-state index contributed by atoms with van der Waals surface area (Å²) in [5.41, 5.74) is 4.10. The van der Waals surface area contributed by atoms with Crippen LogP contribution in [0.25, 0.3) is 0 Å². The number of urea groups is 1. The number of halogens is 2. The molecule has 2 heterocycles. The number of hydrogen-bond donors (Lipinski definition) is 2. The van der Waals surface area contributed by atoms with Crippen molar-refractivity contribution in [3.8, 4) is 11.5 Å². The van der Waals surface area contributed by atoms with Crippen LogP contribution in [0.2, 0.25) is 10.0 Å². The minimum Gasteiger partial charge on any atom is -0.497 e. The van der Waals surface area contributed by atoms with Crippen LogP contribution in [0.4, 0.5) is 4.79 Å². The average Bonchev–Trinajstić information content (AvgIpc) is 3.52. The van der Waals surface area contributed by atoms with E-state index in [9.17, 15) is 14.8 Å². The van der Waals surface area contributed by atoms with Gasteiger partial charge in [0, 0.05) is 42.3 Å². The van der Waals surface area contributed by atoms with Gasteiger partial charge in [-0.05, 0) is 91.8 Å². The molecule has 0 unspecified atom stereocenters. The molecule has 2 N–H and O–H groups in total. The van der Waals surface area contributed by atoms with E-state index in [1.807, 2.05) is 109 Å². The Bertz CT molecular complexity index is 1830. The summed E-state index contributed by atoms with van der Waals surface area (Å²) in [4.78, 5) is 26.3. The highest BCUT2D eigenvalue weighted by Crippen LogP contribution is 2.46. The number of carbonyl (C=O) groups excluding carboxylic acids is 1. The van der Waals surface area contributed by atoms with Crippen molar-refractivity contribution in [2.75, 3.05) is 39.8 Å². The lowest BCUT2D eigenvalue weighted by Gasteiger charge is -2.39. The molecule has 6 rings (SSSR count). The Morgan fingerprint density at radius 3 is 2.20 bits per heavy atom. The summed E-state index contributed by atoms with van der Waals surface area (Å²) in [7, 11) is 0.139. The number of benzene rings is 4. The van der Waals surface area contributed by atoms with Gasteiger partial charge >= 0.3 is 13.1 Å². The largest absolute Gasteiger partial charge is 0.497 e. The van der Waals surface area contributed by atoms with Crippen LogP contribution in [0.5, 0.6) is 11.5 Å². The summed E-state index contributed by atoms with van der Waals surface area (Å²) < 4.78 is 11.9. The van der Waals surface area contributed by atoms with E-state index in [0.717, 1.165) is 49.2 Å². The molecule has 0 saturated carbocycles. The average molecular weight is 730 g/mol. The second-order valence-electron chi connectivity index (χ2n) is 13.2. The van der Waals surface area contributed by atoms with E-state index < -0.39 is 19.2 Å².